The van der Waals surface area contributed by atoms with Crippen LogP contribution in [0.2, 0.25) is 0 Å². The van der Waals surface area contributed by atoms with E-state index in [1.54, 1.807) is 48.6 Å². The van der Waals surface area contributed by atoms with Gasteiger partial charge < -0.3 is 23.3 Å². The largest absolute Gasteiger partial charge is 0.497 e. The van der Waals surface area contributed by atoms with Crippen molar-refractivity contribution in [3.05, 3.63) is 48.0 Å². The van der Waals surface area contributed by atoms with Crippen molar-refractivity contribution in [3.8, 4) is 23.1 Å². The van der Waals surface area contributed by atoms with Crippen molar-refractivity contribution in [2.75, 3.05) is 27.3 Å². The number of hydrogen-bond acceptors (Lipinski definition) is 7. The van der Waals surface area contributed by atoms with Gasteiger partial charge in [0.25, 0.3) is 5.91 Å². The van der Waals surface area contributed by atoms with Gasteiger partial charge in [-0.2, -0.15) is 4.98 Å². The first-order chi connectivity index (χ1) is 12.7. The number of aromatic nitrogens is 2. The Labute approximate surface area is 149 Å². The van der Waals surface area contributed by atoms with Crippen molar-refractivity contribution in [3.63, 3.8) is 0 Å². The van der Waals surface area contributed by atoms with E-state index in [9.17, 15) is 4.79 Å². The predicted octanol–water partition coefficient (Wildman–Crippen LogP) is 2.59. The molecule has 8 heteroatoms. The topological polar surface area (TPSA) is 90.8 Å². The molecule has 2 aromatic heterocycles. The number of rotatable bonds is 5. The SMILES string of the molecule is COc1ccc(C(=O)N2CC(c3nc(-c4ccco4)no3)C2)c(OC)c1. The highest BCUT2D eigenvalue weighted by Crippen LogP contribution is 2.32. The molecule has 0 bridgehead atoms. The highest BCUT2D eigenvalue weighted by molar-refractivity contribution is 5.97. The predicted molar refractivity (Wildman–Crippen MR) is 90.2 cm³/mol. The Balaban J connectivity index is 1.44. The van der Waals surface area contributed by atoms with Crippen LogP contribution in [0.4, 0.5) is 0 Å². The molecule has 0 spiro atoms. The van der Waals surface area contributed by atoms with E-state index in [1.165, 1.54) is 7.11 Å². The van der Waals surface area contributed by atoms with E-state index < -0.39 is 0 Å². The molecule has 1 aliphatic rings. The molecule has 134 valence electrons. The second-order valence-corrected chi connectivity index (χ2v) is 5.91. The number of hydrogen-bond donors (Lipinski definition) is 0. The Morgan fingerprint density at radius 2 is 2.08 bits per heavy atom. The second-order valence-electron chi connectivity index (χ2n) is 5.91. The summed E-state index contributed by atoms with van der Waals surface area (Å²) in [5.74, 6) is 2.49. The Hall–Kier alpha value is -3.29. The van der Waals surface area contributed by atoms with E-state index in [2.05, 4.69) is 10.1 Å². The van der Waals surface area contributed by atoms with Gasteiger partial charge in [-0.05, 0) is 24.3 Å². The Bertz CT molecular complexity index is 913. The van der Waals surface area contributed by atoms with Gasteiger partial charge in [0.2, 0.25) is 11.7 Å². The maximum absolute atomic E-state index is 12.7. The summed E-state index contributed by atoms with van der Waals surface area (Å²) in [6, 6.07) is 8.66. The fraction of sp³-hybridized carbons (Fsp3) is 0.278. The third-order valence-electron chi connectivity index (χ3n) is 4.34. The van der Waals surface area contributed by atoms with Gasteiger partial charge >= 0.3 is 0 Å². The molecule has 0 radical (unpaired) electrons. The number of likely N-dealkylation sites (tertiary alicyclic amines) is 1. The lowest BCUT2D eigenvalue weighted by atomic mass is 9.98. The monoisotopic (exact) mass is 355 g/mol. The minimum atomic E-state index is -0.105. The van der Waals surface area contributed by atoms with Crippen LogP contribution in [0, 0.1) is 0 Å². The molecule has 1 saturated heterocycles. The smallest absolute Gasteiger partial charge is 0.257 e. The molecule has 0 N–H and O–H groups in total. The zero-order valence-corrected chi connectivity index (χ0v) is 14.3. The minimum Gasteiger partial charge on any atom is -0.497 e. The maximum atomic E-state index is 12.7. The van der Waals surface area contributed by atoms with Crippen molar-refractivity contribution in [1.29, 1.82) is 0 Å². The number of carbonyl (C=O) groups is 1. The van der Waals surface area contributed by atoms with Crippen LogP contribution in [-0.4, -0.2) is 48.3 Å². The van der Waals surface area contributed by atoms with E-state index in [0.717, 1.165) is 0 Å². The van der Waals surface area contributed by atoms with Gasteiger partial charge in [0.05, 0.1) is 32.0 Å². The second kappa shape index (κ2) is 6.55. The number of nitrogens with zero attached hydrogens (tertiary/aromatic N) is 3. The van der Waals surface area contributed by atoms with Crippen LogP contribution in [-0.2, 0) is 0 Å². The third kappa shape index (κ3) is 2.79. The molecule has 1 aromatic carbocycles. The first-order valence-corrected chi connectivity index (χ1v) is 8.08. The Morgan fingerprint density at radius 1 is 1.23 bits per heavy atom. The molecule has 3 aromatic rings. The van der Waals surface area contributed by atoms with Crippen molar-refractivity contribution >= 4 is 5.91 Å². The zero-order chi connectivity index (χ0) is 18.1. The van der Waals surface area contributed by atoms with Gasteiger partial charge in [-0.25, -0.2) is 0 Å². The van der Waals surface area contributed by atoms with Crippen LogP contribution in [0.15, 0.2) is 45.5 Å². The number of carbonyl (C=O) groups excluding carboxylic acids is 1. The summed E-state index contributed by atoms with van der Waals surface area (Å²) in [5.41, 5.74) is 0.494. The fourth-order valence-corrected chi connectivity index (χ4v) is 2.85. The van der Waals surface area contributed by atoms with E-state index in [0.29, 0.717) is 47.6 Å². The van der Waals surface area contributed by atoms with E-state index in [4.69, 9.17) is 18.4 Å². The van der Waals surface area contributed by atoms with Crippen LogP contribution in [0.3, 0.4) is 0 Å². The molecule has 8 nitrogen and oxygen atoms in total. The van der Waals surface area contributed by atoms with Crippen LogP contribution >= 0.6 is 0 Å². The van der Waals surface area contributed by atoms with Crippen molar-refractivity contribution in [2.24, 2.45) is 0 Å². The quantitative estimate of drug-likeness (QED) is 0.695. The van der Waals surface area contributed by atoms with Crippen molar-refractivity contribution in [1.82, 2.24) is 15.0 Å². The van der Waals surface area contributed by atoms with Crippen LogP contribution in [0.5, 0.6) is 11.5 Å². The number of benzene rings is 1. The average Bonchev–Trinajstić information content (AvgIpc) is 3.31. The van der Waals surface area contributed by atoms with Crippen LogP contribution in [0.1, 0.15) is 22.2 Å². The summed E-state index contributed by atoms with van der Waals surface area (Å²) in [5, 5.41) is 3.92. The molecule has 1 fully saturated rings. The van der Waals surface area contributed by atoms with E-state index in [1.807, 2.05) is 0 Å². The first-order valence-electron chi connectivity index (χ1n) is 8.08. The first kappa shape index (κ1) is 16.2. The van der Waals surface area contributed by atoms with E-state index in [-0.39, 0.29) is 11.8 Å². The molecule has 0 atom stereocenters. The summed E-state index contributed by atoms with van der Waals surface area (Å²) in [4.78, 5) is 18.8. The Kier molecular flexibility index (Phi) is 4.08. The molecular formula is C18H17N3O5. The molecule has 1 aliphatic heterocycles. The van der Waals surface area contributed by atoms with Gasteiger partial charge in [0, 0.05) is 19.2 Å². The lowest BCUT2D eigenvalue weighted by molar-refractivity contribution is 0.0566. The van der Waals surface area contributed by atoms with Crippen molar-refractivity contribution in [2.45, 2.75) is 5.92 Å². The molecule has 0 aliphatic carbocycles. The minimum absolute atomic E-state index is 0.0133. The highest BCUT2D eigenvalue weighted by Gasteiger charge is 2.37. The summed E-state index contributed by atoms with van der Waals surface area (Å²) < 4.78 is 21.0. The van der Waals surface area contributed by atoms with Gasteiger partial charge in [-0.1, -0.05) is 5.16 Å². The lowest BCUT2D eigenvalue weighted by Gasteiger charge is -2.37. The number of ether oxygens (including phenoxy) is 2. The van der Waals surface area contributed by atoms with E-state index >= 15 is 0 Å². The number of amides is 1. The molecule has 0 unspecified atom stereocenters. The molecule has 3 heterocycles. The summed E-state index contributed by atoms with van der Waals surface area (Å²) in [6.07, 6.45) is 1.55. The molecule has 0 saturated carbocycles. The van der Waals surface area contributed by atoms with Crippen LogP contribution in [0.25, 0.3) is 11.6 Å². The lowest BCUT2D eigenvalue weighted by Crippen LogP contribution is -2.48. The fourth-order valence-electron chi connectivity index (χ4n) is 2.85. The van der Waals surface area contributed by atoms with Crippen molar-refractivity contribution < 1.29 is 23.2 Å². The maximum Gasteiger partial charge on any atom is 0.257 e. The third-order valence-corrected chi connectivity index (χ3v) is 4.34. The van der Waals surface area contributed by atoms with Gasteiger partial charge in [-0.15, -0.1) is 0 Å². The molecular weight excluding hydrogens is 338 g/mol. The number of methoxy groups -OCH3 is 2. The zero-order valence-electron chi connectivity index (χ0n) is 14.3. The van der Waals surface area contributed by atoms with Crippen LogP contribution < -0.4 is 9.47 Å². The standard InChI is InChI=1S/C18H17N3O5/c1-23-12-5-6-13(15(8-12)24-2)18(22)21-9-11(10-21)17-19-16(20-26-17)14-4-3-7-25-14/h3-8,11H,9-10H2,1-2H3. The summed E-state index contributed by atoms with van der Waals surface area (Å²) in [7, 11) is 3.09. The normalized spacial score (nSPS) is 14.2. The molecule has 26 heavy (non-hydrogen) atoms. The average molecular weight is 355 g/mol. The molecule has 1 amide bonds. The molecule has 4 rings (SSSR count). The Morgan fingerprint density at radius 3 is 2.77 bits per heavy atom. The van der Waals surface area contributed by atoms with Gasteiger partial charge in [0.1, 0.15) is 11.5 Å². The summed E-state index contributed by atoms with van der Waals surface area (Å²) >= 11 is 0. The number of furan rings is 1. The highest BCUT2D eigenvalue weighted by atomic mass is 16.5. The van der Waals surface area contributed by atoms with Gasteiger partial charge in [-0.3, -0.25) is 4.79 Å². The van der Waals surface area contributed by atoms with Gasteiger partial charge in [0.15, 0.2) is 5.76 Å². The summed E-state index contributed by atoms with van der Waals surface area (Å²) in [6.45, 7) is 1.02.